The number of carboxylic acid groups (broad SMARTS) is 1. The standard InChI is InChI=1S/C14H22O2Si/c1-10(2)17(5,11(3)4)13-8-6-12(7-9-13)14(15)16/h6-11H,1-5H3,(H,15,16). The van der Waals surface area contributed by atoms with Gasteiger partial charge in [0.05, 0.1) is 13.6 Å². The fraction of sp³-hybridized carbons (Fsp3) is 0.500. The van der Waals surface area contributed by atoms with Gasteiger partial charge in [-0.1, -0.05) is 51.6 Å². The van der Waals surface area contributed by atoms with E-state index in [2.05, 4.69) is 34.2 Å². The van der Waals surface area contributed by atoms with Gasteiger partial charge in [-0.25, -0.2) is 4.79 Å². The first-order valence-electron chi connectivity index (χ1n) is 6.14. The van der Waals surface area contributed by atoms with Gasteiger partial charge in [0.1, 0.15) is 0 Å². The minimum atomic E-state index is -1.53. The summed E-state index contributed by atoms with van der Waals surface area (Å²) < 4.78 is 0. The highest BCUT2D eigenvalue weighted by atomic mass is 28.3. The minimum Gasteiger partial charge on any atom is -0.478 e. The van der Waals surface area contributed by atoms with Gasteiger partial charge in [0, 0.05) is 0 Å². The van der Waals surface area contributed by atoms with Gasteiger partial charge in [-0.15, -0.1) is 0 Å². The number of benzene rings is 1. The molecule has 0 fully saturated rings. The second-order valence-electron chi connectivity index (χ2n) is 5.47. The fourth-order valence-electron chi connectivity index (χ4n) is 2.31. The highest BCUT2D eigenvalue weighted by molar-refractivity contribution is 6.92. The van der Waals surface area contributed by atoms with Crippen LogP contribution in [0, 0.1) is 0 Å². The van der Waals surface area contributed by atoms with Crippen molar-refractivity contribution in [3.63, 3.8) is 0 Å². The van der Waals surface area contributed by atoms with Crippen LogP contribution >= 0.6 is 0 Å². The first-order valence-corrected chi connectivity index (χ1v) is 8.79. The van der Waals surface area contributed by atoms with Gasteiger partial charge in [-0.3, -0.25) is 0 Å². The topological polar surface area (TPSA) is 37.3 Å². The number of rotatable bonds is 4. The molecule has 0 unspecified atom stereocenters. The zero-order valence-electron chi connectivity index (χ0n) is 11.3. The summed E-state index contributed by atoms with van der Waals surface area (Å²) in [5, 5.41) is 10.3. The van der Waals surface area contributed by atoms with E-state index in [1.165, 1.54) is 5.19 Å². The third-order valence-electron chi connectivity index (χ3n) is 4.15. The van der Waals surface area contributed by atoms with E-state index in [1.807, 2.05) is 12.1 Å². The molecule has 94 valence electrons. The van der Waals surface area contributed by atoms with Gasteiger partial charge in [0.15, 0.2) is 0 Å². The van der Waals surface area contributed by atoms with Gasteiger partial charge in [0.25, 0.3) is 0 Å². The average molecular weight is 250 g/mol. The summed E-state index contributed by atoms with van der Waals surface area (Å²) in [5.41, 5.74) is 1.67. The Bertz CT molecular complexity index is 385. The minimum absolute atomic E-state index is 0.373. The van der Waals surface area contributed by atoms with Crippen LogP contribution in [0.5, 0.6) is 0 Å². The van der Waals surface area contributed by atoms with E-state index in [9.17, 15) is 4.79 Å². The molecule has 3 heteroatoms. The predicted octanol–water partition coefficient (Wildman–Crippen LogP) is 3.49. The molecular formula is C14H22O2Si. The summed E-state index contributed by atoms with van der Waals surface area (Å²) in [5.74, 6) is -0.853. The maximum absolute atomic E-state index is 10.8. The van der Waals surface area contributed by atoms with Crippen LogP contribution in [0.2, 0.25) is 17.6 Å². The van der Waals surface area contributed by atoms with Gasteiger partial charge >= 0.3 is 5.97 Å². The summed E-state index contributed by atoms with van der Waals surface area (Å²) in [6.07, 6.45) is 0. The normalized spacial score (nSPS) is 12.2. The van der Waals surface area contributed by atoms with E-state index in [1.54, 1.807) is 12.1 Å². The third-order valence-corrected chi connectivity index (χ3v) is 10.5. The molecule has 0 aromatic heterocycles. The lowest BCUT2D eigenvalue weighted by Crippen LogP contribution is -2.50. The van der Waals surface area contributed by atoms with E-state index < -0.39 is 14.0 Å². The van der Waals surface area contributed by atoms with Crippen molar-refractivity contribution in [1.29, 1.82) is 0 Å². The Labute approximate surface area is 105 Å². The van der Waals surface area contributed by atoms with Crippen molar-refractivity contribution >= 4 is 19.2 Å². The SMILES string of the molecule is CC(C)[Si](C)(c1ccc(C(=O)O)cc1)C(C)C. The Hall–Kier alpha value is -1.09. The Kier molecular flexibility index (Phi) is 4.15. The largest absolute Gasteiger partial charge is 0.478 e. The number of hydrogen-bond donors (Lipinski definition) is 1. The predicted molar refractivity (Wildman–Crippen MR) is 74.8 cm³/mol. The first kappa shape index (κ1) is 14.0. The van der Waals surface area contributed by atoms with Crippen LogP contribution in [0.3, 0.4) is 0 Å². The quantitative estimate of drug-likeness (QED) is 0.831. The monoisotopic (exact) mass is 250 g/mol. The van der Waals surface area contributed by atoms with E-state index in [4.69, 9.17) is 5.11 Å². The van der Waals surface area contributed by atoms with Gasteiger partial charge in [-0.05, 0) is 23.2 Å². The number of aromatic carboxylic acids is 1. The summed E-state index contributed by atoms with van der Waals surface area (Å²) in [7, 11) is -1.53. The molecule has 2 nitrogen and oxygen atoms in total. The maximum Gasteiger partial charge on any atom is 0.335 e. The molecule has 0 heterocycles. The second-order valence-corrected chi connectivity index (χ2v) is 10.9. The van der Waals surface area contributed by atoms with Crippen LogP contribution in [0.15, 0.2) is 24.3 Å². The highest BCUT2D eigenvalue weighted by Crippen LogP contribution is 2.31. The molecular weight excluding hydrogens is 228 g/mol. The summed E-state index contributed by atoms with van der Waals surface area (Å²) in [6.45, 7) is 11.5. The van der Waals surface area contributed by atoms with Crippen LogP contribution in [0.4, 0.5) is 0 Å². The highest BCUT2D eigenvalue weighted by Gasteiger charge is 2.36. The average Bonchev–Trinajstić information content (AvgIpc) is 2.27. The lowest BCUT2D eigenvalue weighted by atomic mass is 10.2. The van der Waals surface area contributed by atoms with Crippen molar-refractivity contribution in [2.75, 3.05) is 0 Å². The molecule has 0 bridgehead atoms. The Morgan fingerprint density at radius 1 is 1.06 bits per heavy atom. The molecule has 0 aliphatic heterocycles. The molecule has 0 aliphatic carbocycles. The first-order chi connectivity index (χ1) is 7.80. The van der Waals surface area contributed by atoms with Crippen LogP contribution in [0.1, 0.15) is 38.1 Å². The third kappa shape index (κ3) is 2.60. The van der Waals surface area contributed by atoms with Crippen molar-refractivity contribution < 1.29 is 9.90 Å². The Morgan fingerprint density at radius 3 is 1.76 bits per heavy atom. The van der Waals surface area contributed by atoms with Crippen LogP contribution in [-0.4, -0.2) is 19.1 Å². The number of hydrogen-bond acceptors (Lipinski definition) is 1. The molecule has 0 saturated carbocycles. The van der Waals surface area contributed by atoms with Crippen molar-refractivity contribution in [3.8, 4) is 0 Å². The summed E-state index contributed by atoms with van der Waals surface area (Å²) >= 11 is 0. The van der Waals surface area contributed by atoms with E-state index >= 15 is 0 Å². The van der Waals surface area contributed by atoms with Crippen molar-refractivity contribution in [2.45, 2.75) is 45.3 Å². The van der Waals surface area contributed by atoms with Gasteiger partial charge < -0.3 is 5.11 Å². The molecule has 0 saturated heterocycles. The molecule has 1 rings (SSSR count). The van der Waals surface area contributed by atoms with Crippen LogP contribution < -0.4 is 5.19 Å². The molecule has 0 amide bonds. The molecule has 1 aromatic carbocycles. The van der Waals surface area contributed by atoms with E-state index in [0.717, 1.165) is 0 Å². The summed E-state index contributed by atoms with van der Waals surface area (Å²) in [6, 6.07) is 7.48. The van der Waals surface area contributed by atoms with Crippen LogP contribution in [0.25, 0.3) is 0 Å². The Balaban J connectivity index is 3.17. The van der Waals surface area contributed by atoms with Crippen molar-refractivity contribution in [1.82, 2.24) is 0 Å². The lowest BCUT2D eigenvalue weighted by Gasteiger charge is -2.36. The zero-order chi connectivity index (χ0) is 13.2. The zero-order valence-corrected chi connectivity index (χ0v) is 12.3. The van der Waals surface area contributed by atoms with Gasteiger partial charge in [0.2, 0.25) is 0 Å². The fourth-order valence-corrected chi connectivity index (χ4v) is 5.86. The molecule has 17 heavy (non-hydrogen) atoms. The maximum atomic E-state index is 10.8. The molecule has 1 aromatic rings. The number of carboxylic acids is 1. The second kappa shape index (κ2) is 5.04. The number of carbonyl (C=O) groups is 1. The van der Waals surface area contributed by atoms with Crippen molar-refractivity contribution in [3.05, 3.63) is 29.8 Å². The Morgan fingerprint density at radius 2 is 1.47 bits per heavy atom. The molecule has 0 aliphatic rings. The van der Waals surface area contributed by atoms with Gasteiger partial charge in [-0.2, -0.15) is 0 Å². The molecule has 0 radical (unpaired) electrons. The van der Waals surface area contributed by atoms with Crippen LogP contribution in [-0.2, 0) is 0 Å². The van der Waals surface area contributed by atoms with Crippen molar-refractivity contribution in [2.24, 2.45) is 0 Å². The summed E-state index contributed by atoms with van der Waals surface area (Å²) in [4.78, 5) is 10.8. The lowest BCUT2D eigenvalue weighted by molar-refractivity contribution is 0.0697. The molecule has 0 atom stereocenters. The smallest absolute Gasteiger partial charge is 0.335 e. The van der Waals surface area contributed by atoms with E-state index in [-0.39, 0.29) is 0 Å². The molecule has 1 N–H and O–H groups in total. The molecule has 0 spiro atoms. The van der Waals surface area contributed by atoms with E-state index in [0.29, 0.717) is 16.6 Å².